The molecule has 0 spiro atoms. The molecule has 0 saturated carbocycles. The molecule has 0 unspecified atom stereocenters. The molecule has 2 aliphatic rings. The average Bonchev–Trinajstić information content (AvgIpc) is 2.53. The van der Waals surface area contributed by atoms with E-state index >= 15 is 0 Å². The number of carbonyl (C=O) groups excluding carboxylic acids is 1. The summed E-state index contributed by atoms with van der Waals surface area (Å²) in [5.41, 5.74) is 1.24. The molecular weight excluding hydrogens is 266 g/mol. The molecule has 21 heavy (non-hydrogen) atoms. The van der Waals surface area contributed by atoms with Gasteiger partial charge in [0.2, 0.25) is 0 Å². The van der Waals surface area contributed by atoms with Crippen LogP contribution in [0.5, 0.6) is 5.75 Å². The number of hydrogen-bond acceptors (Lipinski definition) is 3. The first-order chi connectivity index (χ1) is 10.2. The molecule has 0 aromatic heterocycles. The number of ether oxygens (including phenoxy) is 1. The molecule has 3 rings (SSSR count). The van der Waals surface area contributed by atoms with Crippen molar-refractivity contribution >= 4 is 6.03 Å². The Balaban J connectivity index is 1.47. The summed E-state index contributed by atoms with van der Waals surface area (Å²) in [7, 11) is 2.09. The van der Waals surface area contributed by atoms with Crippen molar-refractivity contribution in [2.75, 3.05) is 46.4 Å². The first-order valence-corrected chi connectivity index (χ1v) is 7.64. The molecular formula is C16H23N3O2. The van der Waals surface area contributed by atoms with E-state index in [1.165, 1.54) is 5.56 Å². The summed E-state index contributed by atoms with van der Waals surface area (Å²) < 4.78 is 5.76. The highest BCUT2D eigenvalue weighted by Gasteiger charge is 2.22. The minimum absolute atomic E-state index is 0.0574. The second-order valence-electron chi connectivity index (χ2n) is 5.97. The van der Waals surface area contributed by atoms with Gasteiger partial charge in [-0.15, -0.1) is 0 Å². The number of amides is 2. The van der Waals surface area contributed by atoms with Crippen LogP contribution in [0.3, 0.4) is 0 Å². The fraction of sp³-hybridized carbons (Fsp3) is 0.562. The quantitative estimate of drug-likeness (QED) is 0.889. The van der Waals surface area contributed by atoms with Gasteiger partial charge in [-0.25, -0.2) is 4.79 Å². The molecule has 5 heteroatoms. The zero-order valence-electron chi connectivity index (χ0n) is 12.5. The van der Waals surface area contributed by atoms with Crippen molar-refractivity contribution in [3.63, 3.8) is 0 Å². The Morgan fingerprint density at radius 2 is 2.05 bits per heavy atom. The van der Waals surface area contributed by atoms with Crippen molar-refractivity contribution in [2.24, 2.45) is 5.92 Å². The van der Waals surface area contributed by atoms with Gasteiger partial charge in [-0.1, -0.05) is 18.2 Å². The van der Waals surface area contributed by atoms with E-state index in [-0.39, 0.29) is 6.03 Å². The molecule has 0 radical (unpaired) electrons. The molecule has 2 aliphatic heterocycles. The van der Waals surface area contributed by atoms with Crippen LogP contribution in [0.25, 0.3) is 0 Å². The van der Waals surface area contributed by atoms with Gasteiger partial charge in [0.05, 0.1) is 6.61 Å². The summed E-state index contributed by atoms with van der Waals surface area (Å²) in [6.07, 6.45) is 0.971. The van der Waals surface area contributed by atoms with Crippen LogP contribution in [0.1, 0.15) is 5.56 Å². The smallest absolute Gasteiger partial charge is 0.317 e. The number of nitrogens with one attached hydrogen (secondary N) is 1. The minimum atomic E-state index is 0.0574. The molecule has 1 saturated heterocycles. The van der Waals surface area contributed by atoms with Crippen molar-refractivity contribution in [1.29, 1.82) is 0 Å². The zero-order valence-corrected chi connectivity index (χ0v) is 12.5. The Bertz CT molecular complexity index is 498. The average molecular weight is 289 g/mol. The normalized spacial score (nSPS) is 22.3. The van der Waals surface area contributed by atoms with Crippen LogP contribution in [0.15, 0.2) is 24.3 Å². The van der Waals surface area contributed by atoms with E-state index in [0.29, 0.717) is 19.1 Å². The van der Waals surface area contributed by atoms with Crippen LogP contribution in [-0.4, -0.2) is 62.2 Å². The van der Waals surface area contributed by atoms with Gasteiger partial charge in [-0.2, -0.15) is 0 Å². The standard InChI is InChI=1S/C16H23N3O2/c1-18-6-8-19(9-7-18)16(20)17-11-13-10-14-4-2-3-5-15(14)21-12-13/h2-5,13H,6-12H2,1H3,(H,17,20)/t13-/m1/s1. The number of piperazine rings is 1. The van der Waals surface area contributed by atoms with E-state index in [4.69, 9.17) is 4.74 Å². The highest BCUT2D eigenvalue weighted by Crippen LogP contribution is 2.26. The van der Waals surface area contributed by atoms with E-state index < -0.39 is 0 Å². The third-order valence-electron chi connectivity index (χ3n) is 4.29. The Labute approximate surface area is 125 Å². The van der Waals surface area contributed by atoms with Crippen molar-refractivity contribution < 1.29 is 9.53 Å². The van der Waals surface area contributed by atoms with Crippen LogP contribution in [-0.2, 0) is 6.42 Å². The fourth-order valence-corrected chi connectivity index (χ4v) is 2.87. The van der Waals surface area contributed by atoms with Gasteiger partial charge in [0, 0.05) is 38.6 Å². The molecule has 2 heterocycles. The van der Waals surface area contributed by atoms with Gasteiger partial charge in [0.25, 0.3) is 0 Å². The van der Waals surface area contributed by atoms with Gasteiger partial charge in [-0.3, -0.25) is 0 Å². The van der Waals surface area contributed by atoms with Crippen molar-refractivity contribution in [2.45, 2.75) is 6.42 Å². The topological polar surface area (TPSA) is 44.8 Å². The molecule has 1 N–H and O–H groups in total. The number of likely N-dealkylation sites (N-methyl/N-ethyl adjacent to an activating group) is 1. The molecule has 5 nitrogen and oxygen atoms in total. The third kappa shape index (κ3) is 3.47. The molecule has 1 fully saturated rings. The third-order valence-corrected chi connectivity index (χ3v) is 4.29. The number of benzene rings is 1. The summed E-state index contributed by atoms with van der Waals surface area (Å²) in [4.78, 5) is 16.3. The maximum absolute atomic E-state index is 12.1. The lowest BCUT2D eigenvalue weighted by molar-refractivity contribution is 0.150. The summed E-state index contributed by atoms with van der Waals surface area (Å²) in [5, 5.41) is 3.06. The van der Waals surface area contributed by atoms with E-state index in [2.05, 4.69) is 23.3 Å². The number of hydrogen-bond donors (Lipinski definition) is 1. The van der Waals surface area contributed by atoms with Crippen LogP contribution < -0.4 is 10.1 Å². The number of carbonyl (C=O) groups is 1. The molecule has 0 aliphatic carbocycles. The first-order valence-electron chi connectivity index (χ1n) is 7.64. The van der Waals surface area contributed by atoms with Gasteiger partial charge in [0.1, 0.15) is 5.75 Å². The number of rotatable bonds is 2. The van der Waals surface area contributed by atoms with Crippen molar-refractivity contribution in [1.82, 2.24) is 15.1 Å². The van der Waals surface area contributed by atoms with Crippen LogP contribution in [0.4, 0.5) is 4.79 Å². The molecule has 1 aromatic carbocycles. The molecule has 2 amide bonds. The minimum Gasteiger partial charge on any atom is -0.493 e. The number of nitrogens with zero attached hydrogens (tertiary/aromatic N) is 2. The maximum Gasteiger partial charge on any atom is 0.317 e. The van der Waals surface area contributed by atoms with E-state index in [9.17, 15) is 4.79 Å². The second kappa shape index (κ2) is 6.35. The summed E-state index contributed by atoms with van der Waals surface area (Å²) >= 11 is 0. The molecule has 1 atom stereocenters. The van der Waals surface area contributed by atoms with Gasteiger partial charge >= 0.3 is 6.03 Å². The highest BCUT2D eigenvalue weighted by molar-refractivity contribution is 5.74. The summed E-state index contributed by atoms with van der Waals surface area (Å²) in [5.74, 6) is 1.34. The van der Waals surface area contributed by atoms with Crippen molar-refractivity contribution in [3.8, 4) is 5.75 Å². The Hall–Kier alpha value is -1.75. The lowest BCUT2D eigenvalue weighted by Gasteiger charge is -2.33. The lowest BCUT2D eigenvalue weighted by Crippen LogP contribution is -2.51. The second-order valence-corrected chi connectivity index (χ2v) is 5.97. The fourth-order valence-electron chi connectivity index (χ4n) is 2.87. The molecule has 114 valence electrons. The SMILES string of the molecule is CN1CCN(C(=O)NC[C@@H]2COc3ccccc3C2)CC1. The van der Waals surface area contributed by atoms with Crippen LogP contribution >= 0.6 is 0 Å². The van der Waals surface area contributed by atoms with E-state index in [1.807, 2.05) is 23.1 Å². The van der Waals surface area contributed by atoms with E-state index in [1.54, 1.807) is 0 Å². The Morgan fingerprint density at radius 1 is 1.29 bits per heavy atom. The van der Waals surface area contributed by atoms with Crippen LogP contribution in [0.2, 0.25) is 0 Å². The van der Waals surface area contributed by atoms with Gasteiger partial charge in [0.15, 0.2) is 0 Å². The molecule has 1 aromatic rings. The molecule has 0 bridgehead atoms. The number of fused-ring (bicyclic) bond motifs is 1. The lowest BCUT2D eigenvalue weighted by atomic mass is 9.97. The van der Waals surface area contributed by atoms with Crippen molar-refractivity contribution in [3.05, 3.63) is 29.8 Å². The van der Waals surface area contributed by atoms with E-state index in [0.717, 1.165) is 38.3 Å². The maximum atomic E-state index is 12.1. The monoisotopic (exact) mass is 289 g/mol. The largest absolute Gasteiger partial charge is 0.493 e. The first kappa shape index (κ1) is 14.2. The number of para-hydroxylation sites is 1. The summed E-state index contributed by atoms with van der Waals surface area (Å²) in [6, 6.07) is 8.20. The zero-order chi connectivity index (χ0) is 14.7. The Morgan fingerprint density at radius 3 is 2.86 bits per heavy atom. The highest BCUT2D eigenvalue weighted by atomic mass is 16.5. The Kier molecular flexibility index (Phi) is 4.29. The van der Waals surface area contributed by atoms with Crippen LogP contribution in [0, 0.1) is 5.92 Å². The predicted octanol–water partition coefficient (Wildman–Crippen LogP) is 1.19. The van der Waals surface area contributed by atoms with Gasteiger partial charge < -0.3 is 19.9 Å². The number of urea groups is 1. The van der Waals surface area contributed by atoms with Gasteiger partial charge in [-0.05, 0) is 25.1 Å². The summed E-state index contributed by atoms with van der Waals surface area (Å²) in [6.45, 7) is 4.89. The predicted molar refractivity (Wildman–Crippen MR) is 81.6 cm³/mol.